The van der Waals surface area contributed by atoms with Crippen molar-refractivity contribution in [1.29, 1.82) is 0 Å². The number of hydrogen-bond donors (Lipinski definition) is 0. The third-order valence-electron chi connectivity index (χ3n) is 3.23. The summed E-state index contributed by atoms with van der Waals surface area (Å²) >= 11 is 0. The zero-order valence-corrected chi connectivity index (χ0v) is 12.7. The highest BCUT2D eigenvalue weighted by Crippen LogP contribution is 2.33. The number of amides is 1. The molecule has 19 heavy (non-hydrogen) atoms. The van der Waals surface area contributed by atoms with E-state index in [0.29, 0.717) is 13.0 Å². The number of nitrogens with zero attached hydrogens (tertiary/aromatic N) is 1. The summed E-state index contributed by atoms with van der Waals surface area (Å²) in [6.45, 7) is 11.5. The van der Waals surface area contributed by atoms with E-state index >= 15 is 0 Å². The van der Waals surface area contributed by atoms with Crippen molar-refractivity contribution in [3.05, 3.63) is 0 Å². The van der Waals surface area contributed by atoms with Crippen LogP contribution in [0.5, 0.6) is 0 Å². The highest BCUT2D eigenvalue weighted by atomic mass is 16.6. The van der Waals surface area contributed by atoms with Crippen molar-refractivity contribution < 1.29 is 19.1 Å². The molecule has 1 amide bonds. The molecule has 5 nitrogen and oxygen atoms in total. The molecule has 0 bridgehead atoms. The first-order chi connectivity index (χ1) is 8.58. The lowest BCUT2D eigenvalue weighted by Gasteiger charge is -2.36. The lowest BCUT2D eigenvalue weighted by Crippen LogP contribution is -2.51. The molecule has 1 saturated heterocycles. The summed E-state index contributed by atoms with van der Waals surface area (Å²) < 4.78 is 11.1. The highest BCUT2D eigenvalue weighted by molar-refractivity contribution is 5.70. The molecular weight excluding hydrogens is 246 g/mol. The third-order valence-corrected chi connectivity index (χ3v) is 3.23. The van der Waals surface area contributed by atoms with Gasteiger partial charge in [0.2, 0.25) is 0 Å². The predicted octanol–water partition coefficient (Wildman–Crippen LogP) is 2.58. The molecular formula is C14H25NO4. The molecule has 0 radical (unpaired) electrons. The van der Waals surface area contributed by atoms with Gasteiger partial charge in [-0.1, -0.05) is 6.92 Å². The van der Waals surface area contributed by atoms with Gasteiger partial charge in [-0.2, -0.15) is 0 Å². The standard InChI is InChI=1S/C14H25NO4/c1-10(7-8-16)11-9-18-14(5,6)15(11)12(17)19-13(2,3)4/h8,10-11H,7,9H2,1-6H3. The smallest absolute Gasteiger partial charge is 0.412 e. The molecule has 0 aromatic heterocycles. The SMILES string of the molecule is CC(CC=O)C1COC(C)(C)N1C(=O)OC(C)(C)C. The number of aldehydes is 1. The van der Waals surface area contributed by atoms with Crippen LogP contribution in [0.25, 0.3) is 0 Å². The molecule has 0 aromatic carbocycles. The third kappa shape index (κ3) is 3.93. The molecule has 0 spiro atoms. The molecule has 0 saturated carbocycles. The average molecular weight is 271 g/mol. The first-order valence-electron chi connectivity index (χ1n) is 6.68. The van der Waals surface area contributed by atoms with E-state index in [1.54, 1.807) is 4.90 Å². The Morgan fingerprint density at radius 3 is 2.58 bits per heavy atom. The molecule has 2 atom stereocenters. The summed E-state index contributed by atoms with van der Waals surface area (Å²) in [6, 6.07) is -0.130. The minimum absolute atomic E-state index is 0.0480. The zero-order chi connectivity index (χ0) is 14.8. The normalized spacial score (nSPS) is 24.1. The summed E-state index contributed by atoms with van der Waals surface area (Å²) in [4.78, 5) is 24.6. The summed E-state index contributed by atoms with van der Waals surface area (Å²) in [7, 11) is 0. The fourth-order valence-electron chi connectivity index (χ4n) is 2.23. The van der Waals surface area contributed by atoms with E-state index in [9.17, 15) is 9.59 Å². The lowest BCUT2D eigenvalue weighted by atomic mass is 9.98. The largest absolute Gasteiger partial charge is 0.444 e. The van der Waals surface area contributed by atoms with Gasteiger partial charge in [-0.3, -0.25) is 4.90 Å². The van der Waals surface area contributed by atoms with Crippen LogP contribution >= 0.6 is 0 Å². The lowest BCUT2D eigenvalue weighted by molar-refractivity contribution is -0.109. The molecule has 2 unspecified atom stereocenters. The van der Waals surface area contributed by atoms with Gasteiger partial charge in [0.05, 0.1) is 12.6 Å². The summed E-state index contributed by atoms with van der Waals surface area (Å²) in [5.74, 6) is 0.0480. The Kier molecular flexibility index (Phi) is 4.61. The molecule has 0 N–H and O–H groups in total. The van der Waals surface area contributed by atoms with Gasteiger partial charge in [-0.25, -0.2) is 4.79 Å². The van der Waals surface area contributed by atoms with Crippen LogP contribution in [-0.4, -0.2) is 41.3 Å². The van der Waals surface area contributed by atoms with Gasteiger partial charge in [-0.15, -0.1) is 0 Å². The van der Waals surface area contributed by atoms with Crippen molar-refractivity contribution in [3.8, 4) is 0 Å². The average Bonchev–Trinajstić information content (AvgIpc) is 2.51. The Bertz CT molecular complexity index is 346. The monoisotopic (exact) mass is 271 g/mol. The van der Waals surface area contributed by atoms with Gasteiger partial charge in [0.1, 0.15) is 17.6 Å². The Morgan fingerprint density at radius 1 is 1.53 bits per heavy atom. The molecule has 0 aromatic rings. The van der Waals surface area contributed by atoms with Crippen LogP contribution < -0.4 is 0 Å². The Hall–Kier alpha value is -1.10. The molecule has 1 heterocycles. The minimum atomic E-state index is -0.704. The summed E-state index contributed by atoms with van der Waals surface area (Å²) in [5.41, 5.74) is -1.25. The fraction of sp³-hybridized carbons (Fsp3) is 0.857. The van der Waals surface area contributed by atoms with Crippen molar-refractivity contribution in [2.75, 3.05) is 6.61 Å². The first kappa shape index (κ1) is 16.0. The van der Waals surface area contributed by atoms with Crippen LogP contribution in [0.1, 0.15) is 48.0 Å². The van der Waals surface area contributed by atoms with E-state index in [0.717, 1.165) is 6.29 Å². The van der Waals surface area contributed by atoms with Crippen molar-refractivity contribution in [3.63, 3.8) is 0 Å². The maximum atomic E-state index is 12.3. The molecule has 1 aliphatic heterocycles. The minimum Gasteiger partial charge on any atom is -0.444 e. The van der Waals surface area contributed by atoms with Crippen LogP contribution in [0.4, 0.5) is 4.79 Å². The van der Waals surface area contributed by atoms with Crippen molar-refractivity contribution in [1.82, 2.24) is 4.90 Å². The number of ether oxygens (including phenoxy) is 2. The van der Waals surface area contributed by atoms with E-state index in [4.69, 9.17) is 9.47 Å². The van der Waals surface area contributed by atoms with Crippen molar-refractivity contribution >= 4 is 12.4 Å². The van der Waals surface area contributed by atoms with Gasteiger partial charge >= 0.3 is 6.09 Å². The first-order valence-corrected chi connectivity index (χ1v) is 6.68. The highest BCUT2D eigenvalue weighted by Gasteiger charge is 2.47. The van der Waals surface area contributed by atoms with Crippen molar-refractivity contribution in [2.45, 2.75) is 65.3 Å². The molecule has 1 aliphatic rings. The van der Waals surface area contributed by atoms with Gasteiger partial charge < -0.3 is 14.3 Å². The second-order valence-electron chi connectivity index (χ2n) is 6.56. The van der Waals surface area contributed by atoms with Crippen LogP contribution in [0.3, 0.4) is 0 Å². The van der Waals surface area contributed by atoms with E-state index in [1.165, 1.54) is 0 Å². The zero-order valence-electron chi connectivity index (χ0n) is 12.7. The second kappa shape index (κ2) is 5.49. The maximum Gasteiger partial charge on any atom is 0.412 e. The topological polar surface area (TPSA) is 55.8 Å². The summed E-state index contributed by atoms with van der Waals surface area (Å²) in [5, 5.41) is 0. The van der Waals surface area contributed by atoms with Crippen LogP contribution in [-0.2, 0) is 14.3 Å². The molecule has 5 heteroatoms. The van der Waals surface area contributed by atoms with E-state index in [1.807, 2.05) is 41.5 Å². The molecule has 0 aliphatic carbocycles. The second-order valence-corrected chi connectivity index (χ2v) is 6.56. The van der Waals surface area contributed by atoms with E-state index < -0.39 is 17.4 Å². The van der Waals surface area contributed by atoms with Crippen LogP contribution in [0, 0.1) is 5.92 Å². The van der Waals surface area contributed by atoms with Gasteiger partial charge in [-0.05, 0) is 40.5 Å². The van der Waals surface area contributed by atoms with Gasteiger partial charge in [0, 0.05) is 6.42 Å². The van der Waals surface area contributed by atoms with Gasteiger partial charge in [0.15, 0.2) is 0 Å². The Labute approximate surface area is 115 Å². The maximum absolute atomic E-state index is 12.3. The van der Waals surface area contributed by atoms with Crippen molar-refractivity contribution in [2.24, 2.45) is 5.92 Å². The fourth-order valence-corrected chi connectivity index (χ4v) is 2.23. The quantitative estimate of drug-likeness (QED) is 0.740. The molecule has 110 valence electrons. The number of rotatable bonds is 3. The van der Waals surface area contributed by atoms with Gasteiger partial charge in [0.25, 0.3) is 0 Å². The predicted molar refractivity (Wildman–Crippen MR) is 71.7 cm³/mol. The van der Waals surface area contributed by atoms with Crippen LogP contribution in [0.2, 0.25) is 0 Å². The summed E-state index contributed by atoms with van der Waals surface area (Å²) in [6.07, 6.45) is 0.893. The van der Waals surface area contributed by atoms with Crippen LogP contribution in [0.15, 0.2) is 0 Å². The molecule has 1 rings (SSSR count). The number of carbonyl (C=O) groups is 2. The van der Waals surface area contributed by atoms with E-state index in [2.05, 4.69) is 0 Å². The number of hydrogen-bond acceptors (Lipinski definition) is 4. The van der Waals surface area contributed by atoms with E-state index in [-0.39, 0.29) is 12.0 Å². The Morgan fingerprint density at radius 2 is 2.11 bits per heavy atom. The number of carbonyl (C=O) groups excluding carboxylic acids is 2. The Balaban J connectivity index is 2.89. The molecule has 1 fully saturated rings.